The number of methoxy groups -OCH3 is 2. The lowest BCUT2D eigenvalue weighted by atomic mass is 10.2. The number of rotatable bonds is 10. The predicted molar refractivity (Wildman–Crippen MR) is 126 cm³/mol. The monoisotopic (exact) mass is 558 g/mol. The van der Waals surface area contributed by atoms with E-state index in [1.165, 1.54) is 32.4 Å². The van der Waals surface area contributed by atoms with E-state index in [1.54, 1.807) is 0 Å². The minimum absolute atomic E-state index is 0.00656. The first-order valence-electron chi connectivity index (χ1n) is 10.8. The molecule has 2 aromatic carbocycles. The van der Waals surface area contributed by atoms with E-state index >= 15 is 0 Å². The van der Waals surface area contributed by atoms with Crippen LogP contribution in [0.1, 0.15) is 17.8 Å². The Morgan fingerprint density at radius 1 is 1.08 bits per heavy atom. The normalized spacial score (nSPS) is 11.3. The van der Waals surface area contributed by atoms with Crippen LogP contribution in [0.5, 0.6) is 23.1 Å². The Kier molecular flexibility index (Phi) is 7.92. The van der Waals surface area contributed by atoms with Crippen molar-refractivity contribution < 1.29 is 41.6 Å². The van der Waals surface area contributed by atoms with Crippen LogP contribution in [-0.4, -0.2) is 52.1 Å². The van der Waals surface area contributed by atoms with Crippen LogP contribution in [0.3, 0.4) is 0 Å². The molecule has 0 amide bonds. The number of nitrogens with zero attached hydrogens (tertiary/aromatic N) is 3. The van der Waals surface area contributed by atoms with Crippen molar-refractivity contribution in [3.8, 4) is 28.8 Å². The third kappa shape index (κ3) is 5.04. The van der Waals surface area contributed by atoms with Gasteiger partial charge in [0.2, 0.25) is 11.7 Å². The van der Waals surface area contributed by atoms with Gasteiger partial charge in [0.25, 0.3) is 6.43 Å². The summed E-state index contributed by atoms with van der Waals surface area (Å²) in [5.41, 5.74) is -1.50. The topological polar surface area (TPSA) is 121 Å². The number of aliphatic hydroxyl groups excluding tert-OH is 1. The Morgan fingerprint density at radius 2 is 1.82 bits per heavy atom. The lowest BCUT2D eigenvalue weighted by molar-refractivity contribution is 0.139. The number of fused-ring (bicyclic) bond motifs is 1. The molecule has 0 aliphatic heterocycles. The molecule has 0 aliphatic rings. The van der Waals surface area contributed by atoms with E-state index in [0.717, 1.165) is 10.6 Å². The Morgan fingerprint density at radius 3 is 2.47 bits per heavy atom. The molecular formula is C23H19ClF4N4O6. The Balaban J connectivity index is 1.87. The highest BCUT2D eigenvalue weighted by atomic mass is 35.5. The van der Waals surface area contributed by atoms with Crippen molar-refractivity contribution in [2.45, 2.75) is 13.0 Å². The number of hydrogen-bond donors (Lipinski definition) is 2. The van der Waals surface area contributed by atoms with Gasteiger partial charge in [0.1, 0.15) is 24.5 Å². The van der Waals surface area contributed by atoms with E-state index < -0.39 is 36.2 Å². The van der Waals surface area contributed by atoms with Crippen LogP contribution in [0.15, 0.2) is 29.1 Å². The number of halogens is 5. The first-order chi connectivity index (χ1) is 18.2. The Bertz CT molecular complexity index is 1550. The van der Waals surface area contributed by atoms with Gasteiger partial charge in [-0.15, -0.1) is 0 Å². The molecule has 0 saturated carbocycles. The molecule has 38 heavy (non-hydrogen) atoms. The van der Waals surface area contributed by atoms with E-state index in [-0.39, 0.29) is 63.8 Å². The average Bonchev–Trinajstić information content (AvgIpc) is 3.23. The molecule has 0 atom stereocenters. The second kappa shape index (κ2) is 11.1. The quantitative estimate of drug-likeness (QED) is 0.281. The number of aromatic amines is 1. The Hall–Kier alpha value is -4.04. The summed E-state index contributed by atoms with van der Waals surface area (Å²) in [6, 6.07) is 4.55. The van der Waals surface area contributed by atoms with Crippen molar-refractivity contribution in [2.75, 3.05) is 27.4 Å². The highest BCUT2D eigenvalue weighted by Crippen LogP contribution is 2.38. The molecule has 4 aromatic rings. The van der Waals surface area contributed by atoms with Crippen molar-refractivity contribution in [3.05, 3.63) is 62.8 Å². The fourth-order valence-electron chi connectivity index (χ4n) is 3.57. The summed E-state index contributed by atoms with van der Waals surface area (Å²) >= 11 is 6.41. The molecule has 0 saturated heterocycles. The molecule has 0 spiro atoms. The summed E-state index contributed by atoms with van der Waals surface area (Å²) in [7, 11) is 2.44. The van der Waals surface area contributed by atoms with Crippen molar-refractivity contribution in [3.63, 3.8) is 0 Å². The molecule has 2 heterocycles. The van der Waals surface area contributed by atoms with Crippen LogP contribution >= 0.6 is 11.6 Å². The van der Waals surface area contributed by atoms with E-state index in [0.29, 0.717) is 0 Å². The van der Waals surface area contributed by atoms with Crippen LogP contribution in [0.4, 0.5) is 17.6 Å². The zero-order valence-corrected chi connectivity index (χ0v) is 20.5. The molecule has 0 unspecified atom stereocenters. The maximum atomic E-state index is 14.5. The summed E-state index contributed by atoms with van der Waals surface area (Å²) in [6.45, 7) is -1.10. The van der Waals surface area contributed by atoms with Crippen molar-refractivity contribution >= 4 is 22.8 Å². The van der Waals surface area contributed by atoms with Gasteiger partial charge in [0.05, 0.1) is 37.1 Å². The van der Waals surface area contributed by atoms with Gasteiger partial charge in [-0.3, -0.25) is 4.98 Å². The molecule has 15 heteroatoms. The van der Waals surface area contributed by atoms with Gasteiger partial charge in [-0.1, -0.05) is 11.6 Å². The highest BCUT2D eigenvalue weighted by molar-refractivity contribution is 6.32. The van der Waals surface area contributed by atoms with E-state index in [1.807, 2.05) is 0 Å². The predicted octanol–water partition coefficient (Wildman–Crippen LogP) is 3.95. The summed E-state index contributed by atoms with van der Waals surface area (Å²) in [4.78, 5) is 22.7. The molecule has 2 N–H and O–H groups in total. The average molecular weight is 559 g/mol. The molecular weight excluding hydrogens is 540 g/mol. The summed E-state index contributed by atoms with van der Waals surface area (Å²) < 4.78 is 77.3. The Labute approximate surface area is 216 Å². The molecule has 4 rings (SSSR count). The molecule has 0 aliphatic carbocycles. The molecule has 2 aromatic heterocycles. The zero-order valence-electron chi connectivity index (χ0n) is 19.7. The van der Waals surface area contributed by atoms with Crippen LogP contribution in [0, 0.1) is 11.6 Å². The summed E-state index contributed by atoms with van der Waals surface area (Å²) in [5.74, 6) is -3.65. The molecule has 202 valence electrons. The third-order valence-electron chi connectivity index (χ3n) is 5.26. The molecule has 10 nitrogen and oxygen atoms in total. The molecule has 0 bridgehead atoms. The number of ether oxygens (including phenoxy) is 4. The summed E-state index contributed by atoms with van der Waals surface area (Å²) in [6.07, 6.45) is -3.08. The maximum absolute atomic E-state index is 14.5. The number of benzene rings is 2. The van der Waals surface area contributed by atoms with Crippen LogP contribution in [0.2, 0.25) is 5.02 Å². The van der Waals surface area contributed by atoms with Gasteiger partial charge in [0.15, 0.2) is 28.8 Å². The van der Waals surface area contributed by atoms with E-state index in [9.17, 15) is 22.4 Å². The minimum Gasteiger partial charge on any atom is -0.496 e. The van der Waals surface area contributed by atoms with E-state index in [4.69, 9.17) is 35.7 Å². The SMILES string of the molecule is COc1ccc(F)c(F)c1COc1cc(-n2c(=O)[nH]c3c(OC)nc(C(F)F)nc32)c(Cl)cc1OCCO. The number of alkyl halides is 2. The minimum atomic E-state index is -3.08. The number of H-pyrrole nitrogens is 1. The fraction of sp³-hybridized carbons (Fsp3) is 0.261. The largest absolute Gasteiger partial charge is 0.496 e. The first kappa shape index (κ1) is 27.0. The van der Waals surface area contributed by atoms with Crippen LogP contribution in [-0.2, 0) is 6.61 Å². The van der Waals surface area contributed by atoms with Gasteiger partial charge in [0, 0.05) is 12.1 Å². The number of imidazole rings is 1. The lowest BCUT2D eigenvalue weighted by Gasteiger charge is -2.17. The lowest BCUT2D eigenvalue weighted by Crippen LogP contribution is -2.16. The second-order valence-electron chi connectivity index (χ2n) is 7.51. The zero-order chi connectivity index (χ0) is 27.6. The van der Waals surface area contributed by atoms with Gasteiger partial charge < -0.3 is 24.1 Å². The number of aromatic nitrogens is 4. The maximum Gasteiger partial charge on any atom is 0.332 e. The molecule has 0 fully saturated rings. The fourth-order valence-corrected chi connectivity index (χ4v) is 3.81. The second-order valence-corrected chi connectivity index (χ2v) is 7.92. The van der Waals surface area contributed by atoms with Gasteiger partial charge >= 0.3 is 5.69 Å². The number of nitrogens with one attached hydrogen (secondary N) is 1. The van der Waals surface area contributed by atoms with E-state index in [2.05, 4.69) is 15.0 Å². The number of hydrogen-bond acceptors (Lipinski definition) is 8. The molecule has 0 radical (unpaired) electrons. The van der Waals surface area contributed by atoms with Crippen molar-refractivity contribution in [1.82, 2.24) is 19.5 Å². The van der Waals surface area contributed by atoms with Crippen molar-refractivity contribution in [1.29, 1.82) is 0 Å². The van der Waals surface area contributed by atoms with Gasteiger partial charge in [-0.2, -0.15) is 4.98 Å². The van der Waals surface area contributed by atoms with Crippen molar-refractivity contribution in [2.24, 2.45) is 0 Å². The smallest absolute Gasteiger partial charge is 0.332 e. The standard InChI is InChI=1S/C23H19ClF4N4O6/c1-35-14-4-3-12(25)17(26)10(14)9-38-16-8-13(11(24)7-15(16)37-6-5-33)32-21-18(29-23(32)34)22(36-2)31-20(30-21)19(27)28/h3-4,7-8,19,33H,5-6,9H2,1-2H3,(H,29,34). The number of aliphatic hydroxyl groups is 1. The van der Waals surface area contributed by atoms with Gasteiger partial charge in [-0.25, -0.2) is 31.9 Å². The summed E-state index contributed by atoms with van der Waals surface area (Å²) in [5, 5.41) is 9.07. The van der Waals surface area contributed by atoms with Crippen LogP contribution < -0.4 is 24.6 Å². The van der Waals surface area contributed by atoms with Gasteiger partial charge in [-0.05, 0) is 12.1 Å². The highest BCUT2D eigenvalue weighted by Gasteiger charge is 2.24. The van der Waals surface area contributed by atoms with Crippen LogP contribution in [0.25, 0.3) is 16.9 Å². The first-order valence-corrected chi connectivity index (χ1v) is 11.1. The third-order valence-corrected chi connectivity index (χ3v) is 5.56.